The van der Waals surface area contributed by atoms with E-state index in [1.165, 1.54) is 0 Å². The first-order valence-corrected chi connectivity index (χ1v) is 10.9. The molecule has 0 unspecified atom stereocenters. The molecule has 1 amide bonds. The van der Waals surface area contributed by atoms with Gasteiger partial charge in [-0.3, -0.25) is 4.79 Å². The maximum absolute atomic E-state index is 13.2. The molecule has 0 aliphatic carbocycles. The first-order chi connectivity index (χ1) is 15.0. The highest BCUT2D eigenvalue weighted by molar-refractivity contribution is 6.06. The second-order valence-corrected chi connectivity index (χ2v) is 8.35. The van der Waals surface area contributed by atoms with Gasteiger partial charge in [0.2, 0.25) is 0 Å². The van der Waals surface area contributed by atoms with E-state index in [4.69, 9.17) is 9.72 Å². The molecule has 1 saturated heterocycles. The summed E-state index contributed by atoms with van der Waals surface area (Å²) in [5.41, 5.74) is 3.63. The molecule has 1 aromatic heterocycles. The second-order valence-electron chi connectivity index (χ2n) is 8.35. The van der Waals surface area contributed by atoms with Gasteiger partial charge in [-0.05, 0) is 51.7 Å². The molecule has 2 aromatic carbocycles. The molecule has 0 radical (unpaired) electrons. The van der Waals surface area contributed by atoms with Crippen LogP contribution in [0.1, 0.15) is 49.0 Å². The van der Waals surface area contributed by atoms with Crippen LogP contribution in [0.3, 0.4) is 0 Å². The summed E-state index contributed by atoms with van der Waals surface area (Å²) in [4.78, 5) is 32.7. The van der Waals surface area contributed by atoms with Crippen LogP contribution < -0.4 is 0 Å². The summed E-state index contributed by atoms with van der Waals surface area (Å²) >= 11 is 0. The average molecular weight is 417 g/mol. The highest BCUT2D eigenvalue weighted by Crippen LogP contribution is 2.30. The van der Waals surface area contributed by atoms with Crippen LogP contribution in [0.5, 0.6) is 0 Å². The summed E-state index contributed by atoms with van der Waals surface area (Å²) in [5, 5.41) is 0.733. The van der Waals surface area contributed by atoms with Gasteiger partial charge in [0.15, 0.2) is 6.61 Å². The lowest BCUT2D eigenvalue weighted by Gasteiger charge is -2.38. The third-order valence-electron chi connectivity index (χ3n) is 6.20. The number of ether oxygens (including phenoxy) is 1. The van der Waals surface area contributed by atoms with E-state index in [2.05, 4.69) is 13.8 Å². The zero-order valence-corrected chi connectivity index (χ0v) is 18.3. The molecule has 0 N–H and O–H groups in total. The number of carbonyl (C=O) groups is 2. The number of aromatic nitrogens is 1. The van der Waals surface area contributed by atoms with Crippen molar-refractivity contribution in [1.29, 1.82) is 0 Å². The summed E-state index contributed by atoms with van der Waals surface area (Å²) in [6, 6.07) is 17.7. The van der Waals surface area contributed by atoms with E-state index in [0.29, 0.717) is 5.56 Å². The van der Waals surface area contributed by atoms with Gasteiger partial charge >= 0.3 is 5.97 Å². The molecule has 31 heavy (non-hydrogen) atoms. The molecule has 0 saturated carbocycles. The van der Waals surface area contributed by atoms with Gasteiger partial charge in [-0.25, -0.2) is 9.78 Å². The molecule has 1 fully saturated rings. The monoisotopic (exact) mass is 416 g/mol. The van der Waals surface area contributed by atoms with Crippen LogP contribution in [0, 0.1) is 6.92 Å². The Hall–Kier alpha value is -3.21. The Kier molecular flexibility index (Phi) is 6.03. The van der Waals surface area contributed by atoms with Crippen LogP contribution in [0.15, 0.2) is 54.6 Å². The number of para-hydroxylation sites is 1. The SMILES string of the molecule is Cc1c(-c2ccccc2)nc2ccccc2c1C(=O)OCC(=O)N1[C@@H](C)CCC[C@@H]1C. The fourth-order valence-electron chi connectivity index (χ4n) is 4.63. The summed E-state index contributed by atoms with van der Waals surface area (Å²) < 4.78 is 5.56. The summed E-state index contributed by atoms with van der Waals surface area (Å²) in [7, 11) is 0. The Morgan fingerprint density at radius 3 is 2.35 bits per heavy atom. The molecular weight excluding hydrogens is 388 g/mol. The molecule has 1 aliphatic heterocycles. The number of esters is 1. The number of fused-ring (bicyclic) bond motifs is 1. The molecule has 5 nitrogen and oxygen atoms in total. The molecule has 160 valence electrons. The standard InChI is InChI=1S/C26H28N2O3/c1-17-10-9-11-18(2)28(17)23(29)16-31-26(30)24-19(3)25(20-12-5-4-6-13-20)27-22-15-8-7-14-21(22)24/h4-8,12-15,17-18H,9-11,16H2,1-3H3/t17-,18-/m0/s1. The Balaban J connectivity index is 1.64. The lowest BCUT2D eigenvalue weighted by atomic mass is 9.97. The Morgan fingerprint density at radius 2 is 1.65 bits per heavy atom. The maximum atomic E-state index is 13.2. The number of rotatable bonds is 4. The van der Waals surface area contributed by atoms with Gasteiger partial charge in [0, 0.05) is 23.0 Å². The van der Waals surface area contributed by atoms with Crippen molar-refractivity contribution in [3.05, 3.63) is 65.7 Å². The molecule has 5 heteroatoms. The summed E-state index contributed by atoms with van der Waals surface area (Å²) in [6.07, 6.45) is 3.09. The van der Waals surface area contributed by atoms with Crippen LogP contribution in [0.4, 0.5) is 0 Å². The predicted octanol–water partition coefficient (Wildman–Crippen LogP) is 5.16. The first-order valence-electron chi connectivity index (χ1n) is 10.9. The van der Waals surface area contributed by atoms with Crippen molar-refractivity contribution < 1.29 is 14.3 Å². The van der Waals surface area contributed by atoms with Crippen LogP contribution in [-0.4, -0.2) is 40.5 Å². The van der Waals surface area contributed by atoms with E-state index in [0.717, 1.165) is 47.0 Å². The molecule has 2 heterocycles. The van der Waals surface area contributed by atoms with Gasteiger partial charge < -0.3 is 9.64 Å². The molecule has 0 bridgehead atoms. The largest absolute Gasteiger partial charge is 0.452 e. The Morgan fingerprint density at radius 1 is 1.00 bits per heavy atom. The van der Waals surface area contributed by atoms with Crippen molar-refractivity contribution in [2.24, 2.45) is 0 Å². The smallest absolute Gasteiger partial charge is 0.339 e. The molecule has 0 spiro atoms. The molecule has 1 aliphatic rings. The number of benzene rings is 2. The van der Waals surface area contributed by atoms with E-state index in [1.807, 2.05) is 66.4 Å². The van der Waals surface area contributed by atoms with Crippen molar-refractivity contribution in [3.63, 3.8) is 0 Å². The lowest BCUT2D eigenvalue weighted by Crippen LogP contribution is -2.49. The number of carbonyl (C=O) groups excluding carboxylic acids is 2. The quantitative estimate of drug-likeness (QED) is 0.552. The van der Waals surface area contributed by atoms with E-state index < -0.39 is 5.97 Å². The van der Waals surface area contributed by atoms with Gasteiger partial charge in [0.05, 0.1) is 16.8 Å². The van der Waals surface area contributed by atoms with Crippen LogP contribution >= 0.6 is 0 Å². The van der Waals surface area contributed by atoms with E-state index >= 15 is 0 Å². The lowest BCUT2D eigenvalue weighted by molar-refractivity contribution is -0.140. The molecule has 3 aromatic rings. The summed E-state index contributed by atoms with van der Waals surface area (Å²) in [6.45, 7) is 5.75. The second kappa shape index (κ2) is 8.88. The van der Waals surface area contributed by atoms with Gasteiger partial charge in [0.25, 0.3) is 5.91 Å². The highest BCUT2D eigenvalue weighted by Gasteiger charge is 2.30. The topological polar surface area (TPSA) is 59.5 Å². The minimum atomic E-state index is -0.487. The first kappa shape index (κ1) is 21.0. The van der Waals surface area contributed by atoms with E-state index in [1.54, 1.807) is 0 Å². The van der Waals surface area contributed by atoms with Gasteiger partial charge in [0.1, 0.15) is 0 Å². The fraction of sp³-hybridized carbons (Fsp3) is 0.346. The zero-order chi connectivity index (χ0) is 22.0. The number of pyridine rings is 1. The third-order valence-corrected chi connectivity index (χ3v) is 6.20. The van der Waals surface area contributed by atoms with E-state index in [9.17, 15) is 9.59 Å². The average Bonchev–Trinajstić information content (AvgIpc) is 2.77. The Bertz CT molecular complexity index is 1100. The number of likely N-dealkylation sites (tertiary alicyclic amines) is 1. The number of amides is 1. The molecule has 4 rings (SSSR count). The minimum absolute atomic E-state index is 0.132. The van der Waals surface area contributed by atoms with Crippen LogP contribution in [0.2, 0.25) is 0 Å². The van der Waals surface area contributed by atoms with Crippen molar-refractivity contribution in [3.8, 4) is 11.3 Å². The van der Waals surface area contributed by atoms with E-state index in [-0.39, 0.29) is 24.6 Å². The highest BCUT2D eigenvalue weighted by atomic mass is 16.5. The van der Waals surface area contributed by atoms with Gasteiger partial charge in [-0.1, -0.05) is 48.5 Å². The normalized spacial score (nSPS) is 18.7. The van der Waals surface area contributed by atoms with Crippen LogP contribution in [0.25, 0.3) is 22.2 Å². The predicted molar refractivity (Wildman–Crippen MR) is 122 cm³/mol. The van der Waals surface area contributed by atoms with Gasteiger partial charge in [-0.15, -0.1) is 0 Å². The number of nitrogens with zero attached hydrogens (tertiary/aromatic N) is 2. The minimum Gasteiger partial charge on any atom is -0.452 e. The third kappa shape index (κ3) is 4.18. The van der Waals surface area contributed by atoms with Crippen molar-refractivity contribution in [2.75, 3.05) is 6.61 Å². The number of piperidine rings is 1. The van der Waals surface area contributed by atoms with Crippen LogP contribution in [-0.2, 0) is 9.53 Å². The maximum Gasteiger partial charge on any atom is 0.339 e. The fourth-order valence-corrected chi connectivity index (χ4v) is 4.63. The van der Waals surface area contributed by atoms with Crippen molar-refractivity contribution in [2.45, 2.75) is 52.1 Å². The molecular formula is C26H28N2O3. The van der Waals surface area contributed by atoms with Gasteiger partial charge in [-0.2, -0.15) is 0 Å². The Labute approximate surface area is 183 Å². The molecule has 2 atom stereocenters. The number of hydrogen-bond acceptors (Lipinski definition) is 4. The van der Waals surface area contributed by atoms with Crippen molar-refractivity contribution >= 4 is 22.8 Å². The number of hydrogen-bond donors (Lipinski definition) is 0. The van der Waals surface area contributed by atoms with Crippen molar-refractivity contribution in [1.82, 2.24) is 9.88 Å². The zero-order valence-electron chi connectivity index (χ0n) is 18.3. The summed E-state index contributed by atoms with van der Waals surface area (Å²) in [5.74, 6) is -0.619.